The molecule has 0 saturated carbocycles. The van der Waals surface area contributed by atoms with Crippen molar-refractivity contribution in [2.45, 2.75) is 25.3 Å². The van der Waals surface area contributed by atoms with Gasteiger partial charge in [-0.25, -0.2) is 0 Å². The number of hydrogen-bond donors (Lipinski definition) is 2. The third-order valence-electron chi connectivity index (χ3n) is 2.94. The minimum absolute atomic E-state index is 0.114. The zero-order valence-electron chi connectivity index (χ0n) is 9.95. The van der Waals surface area contributed by atoms with Crippen LogP contribution < -0.4 is 5.32 Å². The smallest absolute Gasteiger partial charge is 0.221 e. The maximum Gasteiger partial charge on any atom is 0.221 e. The first-order valence-corrected chi connectivity index (χ1v) is 5.88. The van der Waals surface area contributed by atoms with E-state index in [0.717, 1.165) is 25.9 Å². The van der Waals surface area contributed by atoms with Gasteiger partial charge in [0, 0.05) is 39.2 Å². The lowest BCUT2D eigenvalue weighted by atomic mass is 10.1. The molecule has 94 valence electrons. The Morgan fingerprint density at radius 3 is 3.06 bits per heavy atom. The van der Waals surface area contributed by atoms with Gasteiger partial charge < -0.3 is 15.2 Å². The second kappa shape index (κ2) is 7.60. The number of aliphatic hydroxyl groups excluding tert-OH is 1. The zero-order chi connectivity index (χ0) is 11.8. The van der Waals surface area contributed by atoms with Crippen molar-refractivity contribution in [3.8, 4) is 0 Å². The Hall–Kier alpha value is -0.650. The second-order valence-corrected chi connectivity index (χ2v) is 4.10. The zero-order valence-corrected chi connectivity index (χ0v) is 9.95. The molecule has 1 fully saturated rings. The van der Waals surface area contributed by atoms with E-state index in [1.165, 1.54) is 0 Å². The van der Waals surface area contributed by atoms with Gasteiger partial charge in [0.15, 0.2) is 0 Å². The number of nitrogens with zero attached hydrogens (tertiary/aromatic N) is 1. The fraction of sp³-hybridized carbons (Fsp3) is 0.909. The molecule has 0 bridgehead atoms. The van der Waals surface area contributed by atoms with Crippen LogP contribution in [0, 0.1) is 0 Å². The predicted octanol–water partition coefficient (Wildman–Crippen LogP) is -0.404. The number of methoxy groups -OCH3 is 1. The number of amides is 1. The molecule has 1 atom stereocenters. The average molecular weight is 230 g/mol. The Morgan fingerprint density at radius 1 is 1.56 bits per heavy atom. The summed E-state index contributed by atoms with van der Waals surface area (Å²) in [7, 11) is 1.66. The molecule has 1 rings (SSSR count). The number of aliphatic hydroxyl groups is 1. The van der Waals surface area contributed by atoms with Gasteiger partial charge in [-0.05, 0) is 12.8 Å². The highest BCUT2D eigenvalue weighted by molar-refractivity contribution is 5.76. The summed E-state index contributed by atoms with van der Waals surface area (Å²) in [5.41, 5.74) is 0. The second-order valence-electron chi connectivity index (χ2n) is 4.10. The van der Waals surface area contributed by atoms with E-state index < -0.39 is 0 Å². The highest BCUT2D eigenvalue weighted by Crippen LogP contribution is 2.13. The van der Waals surface area contributed by atoms with Crippen LogP contribution in [0.4, 0.5) is 0 Å². The Bertz CT molecular complexity index is 211. The first-order valence-electron chi connectivity index (χ1n) is 5.88. The highest BCUT2D eigenvalue weighted by atomic mass is 16.5. The van der Waals surface area contributed by atoms with Gasteiger partial charge in [0.25, 0.3) is 0 Å². The molecule has 0 aliphatic carbocycles. The number of hydrogen-bond acceptors (Lipinski definition) is 4. The van der Waals surface area contributed by atoms with E-state index >= 15 is 0 Å². The number of nitrogens with one attached hydrogen (secondary N) is 1. The number of carbonyl (C=O) groups excluding carboxylic acids is 1. The summed E-state index contributed by atoms with van der Waals surface area (Å²) in [5, 5.41) is 11.9. The number of carbonyl (C=O) groups is 1. The summed E-state index contributed by atoms with van der Waals surface area (Å²) in [6, 6.07) is 0.241. The minimum Gasteiger partial charge on any atom is -0.395 e. The molecule has 0 aromatic heterocycles. The first kappa shape index (κ1) is 13.4. The molecular weight excluding hydrogens is 208 g/mol. The third kappa shape index (κ3) is 4.47. The van der Waals surface area contributed by atoms with Gasteiger partial charge in [-0.1, -0.05) is 0 Å². The largest absolute Gasteiger partial charge is 0.395 e. The molecule has 1 unspecified atom stereocenters. The van der Waals surface area contributed by atoms with Crippen molar-refractivity contribution in [3.63, 3.8) is 0 Å². The van der Waals surface area contributed by atoms with E-state index in [1.807, 2.05) is 0 Å². The van der Waals surface area contributed by atoms with Crippen molar-refractivity contribution >= 4 is 5.91 Å². The normalized spacial score (nSPS) is 21.9. The molecule has 1 amide bonds. The van der Waals surface area contributed by atoms with Crippen molar-refractivity contribution in [1.29, 1.82) is 0 Å². The summed E-state index contributed by atoms with van der Waals surface area (Å²) >= 11 is 0. The van der Waals surface area contributed by atoms with Gasteiger partial charge in [0.2, 0.25) is 5.91 Å². The van der Waals surface area contributed by atoms with Gasteiger partial charge in [0.05, 0.1) is 13.2 Å². The summed E-state index contributed by atoms with van der Waals surface area (Å²) < 4.78 is 5.04. The molecule has 1 aliphatic heterocycles. The lowest BCUT2D eigenvalue weighted by Gasteiger charge is -2.29. The van der Waals surface area contributed by atoms with Crippen LogP contribution >= 0.6 is 0 Å². The van der Waals surface area contributed by atoms with E-state index in [4.69, 9.17) is 9.84 Å². The molecule has 0 aromatic carbocycles. The lowest BCUT2D eigenvalue weighted by molar-refractivity contribution is -0.121. The fourth-order valence-electron chi connectivity index (χ4n) is 2.08. The third-order valence-corrected chi connectivity index (χ3v) is 2.94. The average Bonchev–Trinajstić information content (AvgIpc) is 2.49. The number of ether oxygens (including phenoxy) is 1. The Labute approximate surface area is 96.8 Å². The maximum absolute atomic E-state index is 11.4. The fourth-order valence-corrected chi connectivity index (χ4v) is 2.08. The van der Waals surface area contributed by atoms with Crippen molar-refractivity contribution in [2.24, 2.45) is 0 Å². The van der Waals surface area contributed by atoms with Crippen LogP contribution in [-0.4, -0.2) is 61.9 Å². The van der Waals surface area contributed by atoms with Crippen LogP contribution in [0.5, 0.6) is 0 Å². The Morgan fingerprint density at radius 2 is 2.38 bits per heavy atom. The van der Waals surface area contributed by atoms with Gasteiger partial charge >= 0.3 is 0 Å². The van der Waals surface area contributed by atoms with Gasteiger partial charge in [-0.2, -0.15) is 0 Å². The van der Waals surface area contributed by atoms with Crippen LogP contribution in [0.15, 0.2) is 0 Å². The number of rotatable bonds is 6. The molecular formula is C11H22N2O3. The summed E-state index contributed by atoms with van der Waals surface area (Å²) in [6.45, 7) is 2.92. The van der Waals surface area contributed by atoms with Crippen LogP contribution in [0.2, 0.25) is 0 Å². The minimum atomic E-state index is 0.114. The highest BCUT2D eigenvalue weighted by Gasteiger charge is 2.22. The topological polar surface area (TPSA) is 61.8 Å². The SMILES string of the molecule is COCCN(CCO)C1CCCNC(=O)C1. The summed E-state index contributed by atoms with van der Waals surface area (Å²) in [5.74, 6) is 0.114. The van der Waals surface area contributed by atoms with Gasteiger partial charge in [-0.3, -0.25) is 9.69 Å². The van der Waals surface area contributed by atoms with E-state index in [9.17, 15) is 4.79 Å². The van der Waals surface area contributed by atoms with Crippen LogP contribution in [0.1, 0.15) is 19.3 Å². The molecule has 1 aliphatic rings. The van der Waals surface area contributed by atoms with E-state index in [2.05, 4.69) is 10.2 Å². The van der Waals surface area contributed by atoms with Crippen molar-refractivity contribution in [1.82, 2.24) is 10.2 Å². The van der Waals surface area contributed by atoms with E-state index in [1.54, 1.807) is 7.11 Å². The summed E-state index contributed by atoms with van der Waals surface area (Å²) in [4.78, 5) is 13.6. The molecule has 1 saturated heterocycles. The standard InChI is InChI=1S/C11H22N2O3/c1-16-8-6-13(5-7-14)10-3-2-4-12-11(15)9-10/h10,14H,2-9H2,1H3,(H,12,15). The monoisotopic (exact) mass is 230 g/mol. The van der Waals surface area contributed by atoms with Gasteiger partial charge in [0.1, 0.15) is 0 Å². The van der Waals surface area contributed by atoms with Crippen LogP contribution in [0.25, 0.3) is 0 Å². The molecule has 0 aromatic rings. The van der Waals surface area contributed by atoms with Crippen molar-refractivity contribution in [2.75, 3.05) is 40.0 Å². The first-order chi connectivity index (χ1) is 7.77. The molecule has 0 spiro atoms. The quantitative estimate of drug-likeness (QED) is 0.651. The van der Waals surface area contributed by atoms with Crippen molar-refractivity contribution in [3.05, 3.63) is 0 Å². The van der Waals surface area contributed by atoms with E-state index in [0.29, 0.717) is 19.6 Å². The maximum atomic E-state index is 11.4. The predicted molar refractivity (Wildman–Crippen MR) is 61.2 cm³/mol. The molecule has 0 radical (unpaired) electrons. The molecule has 16 heavy (non-hydrogen) atoms. The Balaban J connectivity index is 2.49. The van der Waals surface area contributed by atoms with E-state index in [-0.39, 0.29) is 18.6 Å². The summed E-state index contributed by atoms with van der Waals surface area (Å²) in [6.07, 6.45) is 2.54. The molecule has 5 heteroatoms. The molecule has 1 heterocycles. The van der Waals surface area contributed by atoms with Crippen molar-refractivity contribution < 1.29 is 14.6 Å². The van der Waals surface area contributed by atoms with Crippen LogP contribution in [-0.2, 0) is 9.53 Å². The Kier molecular flexibility index (Phi) is 6.37. The lowest BCUT2D eigenvalue weighted by Crippen LogP contribution is -2.41. The molecule has 2 N–H and O–H groups in total. The van der Waals surface area contributed by atoms with Gasteiger partial charge in [-0.15, -0.1) is 0 Å². The van der Waals surface area contributed by atoms with Crippen LogP contribution in [0.3, 0.4) is 0 Å². The molecule has 5 nitrogen and oxygen atoms in total.